The van der Waals surface area contributed by atoms with Crippen LogP contribution in [0.5, 0.6) is 0 Å². The first-order valence-corrected chi connectivity index (χ1v) is 2.13. The van der Waals surface area contributed by atoms with E-state index in [1.807, 2.05) is 0 Å². The second-order valence-electron chi connectivity index (χ2n) is 0.870. The Morgan fingerprint density at radius 3 is 2.50 bits per heavy atom. The molecule has 0 saturated heterocycles. The molecule has 1 atom stereocenters. The van der Waals surface area contributed by atoms with E-state index in [1.165, 1.54) is 0 Å². The molecule has 0 heterocycles. The van der Waals surface area contributed by atoms with E-state index < -0.39 is 0 Å². The van der Waals surface area contributed by atoms with Crippen LogP contribution in [0.25, 0.3) is 0 Å². The Labute approximate surface area is 42.3 Å². The average Bonchev–Trinajstić information content (AvgIpc) is 1.65. The summed E-state index contributed by atoms with van der Waals surface area (Å²) in [5.41, 5.74) is 0. The van der Waals surface area contributed by atoms with E-state index in [4.69, 9.17) is 0 Å². The van der Waals surface area contributed by atoms with Crippen molar-refractivity contribution >= 4 is 18.9 Å². The molecule has 1 N–H and O–H groups in total. The summed E-state index contributed by atoms with van der Waals surface area (Å²) in [5, 5.41) is 2.31. The SMILES string of the molecule is CNC(S)C=O. The summed E-state index contributed by atoms with van der Waals surface area (Å²) in [5.74, 6) is 0. The number of rotatable bonds is 2. The smallest absolute Gasteiger partial charge is 0.146 e. The van der Waals surface area contributed by atoms with Crippen molar-refractivity contribution in [3.05, 3.63) is 0 Å². The number of aldehydes is 1. The normalized spacial score (nSPS) is 13.7. The molecule has 6 heavy (non-hydrogen) atoms. The van der Waals surface area contributed by atoms with Crippen molar-refractivity contribution in [2.45, 2.75) is 5.37 Å². The van der Waals surface area contributed by atoms with E-state index in [-0.39, 0.29) is 5.37 Å². The van der Waals surface area contributed by atoms with Crippen LogP contribution in [-0.2, 0) is 4.79 Å². The number of nitrogens with one attached hydrogen (secondary N) is 1. The summed E-state index contributed by atoms with van der Waals surface area (Å²) in [6.45, 7) is 0. The van der Waals surface area contributed by atoms with Crippen LogP contribution >= 0.6 is 12.6 Å². The van der Waals surface area contributed by atoms with E-state index in [2.05, 4.69) is 17.9 Å². The zero-order valence-corrected chi connectivity index (χ0v) is 4.40. The van der Waals surface area contributed by atoms with Gasteiger partial charge >= 0.3 is 0 Å². The summed E-state index contributed by atoms with van der Waals surface area (Å²) in [4.78, 5) is 9.60. The van der Waals surface area contributed by atoms with Gasteiger partial charge in [0.25, 0.3) is 0 Å². The molecule has 0 aromatic heterocycles. The van der Waals surface area contributed by atoms with E-state index in [0.717, 1.165) is 6.29 Å². The first-order chi connectivity index (χ1) is 2.81. The van der Waals surface area contributed by atoms with Crippen molar-refractivity contribution in [3.8, 4) is 0 Å². The van der Waals surface area contributed by atoms with Crippen molar-refractivity contribution in [1.82, 2.24) is 5.32 Å². The van der Waals surface area contributed by atoms with Gasteiger partial charge < -0.3 is 10.1 Å². The molecule has 0 aromatic carbocycles. The number of thiol groups is 1. The molecule has 0 bridgehead atoms. The van der Waals surface area contributed by atoms with Crippen LogP contribution in [0.2, 0.25) is 0 Å². The number of hydrogen-bond donors (Lipinski definition) is 2. The van der Waals surface area contributed by atoms with Crippen LogP contribution in [-0.4, -0.2) is 18.7 Å². The molecule has 0 spiro atoms. The molecule has 0 amide bonds. The average molecular weight is 105 g/mol. The van der Waals surface area contributed by atoms with Crippen molar-refractivity contribution in [2.75, 3.05) is 7.05 Å². The van der Waals surface area contributed by atoms with Gasteiger partial charge in [-0.3, -0.25) is 0 Å². The molecule has 36 valence electrons. The van der Waals surface area contributed by atoms with Crippen molar-refractivity contribution in [1.29, 1.82) is 0 Å². The van der Waals surface area contributed by atoms with Gasteiger partial charge in [0.15, 0.2) is 0 Å². The number of likely N-dealkylation sites (N-methyl/N-ethyl adjacent to an activating group) is 1. The lowest BCUT2D eigenvalue weighted by molar-refractivity contribution is -0.107. The summed E-state index contributed by atoms with van der Waals surface area (Å²) in [6, 6.07) is 0. The highest BCUT2D eigenvalue weighted by Crippen LogP contribution is 1.76. The number of carbonyl (C=O) groups is 1. The number of hydrogen-bond acceptors (Lipinski definition) is 3. The van der Waals surface area contributed by atoms with E-state index in [9.17, 15) is 4.79 Å². The van der Waals surface area contributed by atoms with Gasteiger partial charge in [0, 0.05) is 0 Å². The Hall–Kier alpha value is -0.0200. The molecular formula is C3H7NOS. The summed E-state index contributed by atoms with van der Waals surface area (Å²) >= 11 is 3.75. The van der Waals surface area contributed by atoms with Crippen molar-refractivity contribution < 1.29 is 4.79 Å². The van der Waals surface area contributed by atoms with Gasteiger partial charge in [0.2, 0.25) is 0 Å². The lowest BCUT2D eigenvalue weighted by atomic mass is 10.7. The molecule has 0 aromatic rings. The third-order valence-electron chi connectivity index (χ3n) is 0.425. The van der Waals surface area contributed by atoms with Crippen LogP contribution in [0.3, 0.4) is 0 Å². The highest BCUT2D eigenvalue weighted by atomic mass is 32.1. The first-order valence-electron chi connectivity index (χ1n) is 1.62. The molecule has 0 aliphatic heterocycles. The quantitative estimate of drug-likeness (QED) is 0.286. The van der Waals surface area contributed by atoms with Crippen LogP contribution < -0.4 is 5.32 Å². The predicted molar refractivity (Wildman–Crippen MR) is 27.9 cm³/mol. The fraction of sp³-hybridized carbons (Fsp3) is 0.667. The zero-order chi connectivity index (χ0) is 4.99. The third kappa shape index (κ3) is 2.23. The highest BCUT2D eigenvalue weighted by molar-refractivity contribution is 7.81. The van der Waals surface area contributed by atoms with Gasteiger partial charge in [-0.25, -0.2) is 0 Å². The van der Waals surface area contributed by atoms with Crippen LogP contribution in [0, 0.1) is 0 Å². The minimum absolute atomic E-state index is 0.301. The molecule has 0 aliphatic carbocycles. The predicted octanol–water partition coefficient (Wildman–Crippen LogP) is -0.339. The molecule has 0 saturated carbocycles. The van der Waals surface area contributed by atoms with Crippen LogP contribution in [0.15, 0.2) is 0 Å². The maximum Gasteiger partial charge on any atom is 0.146 e. The second kappa shape index (κ2) is 3.18. The third-order valence-corrected chi connectivity index (χ3v) is 0.805. The molecule has 0 aliphatic rings. The molecule has 2 nitrogen and oxygen atoms in total. The van der Waals surface area contributed by atoms with Gasteiger partial charge in [-0.1, -0.05) is 0 Å². The maximum atomic E-state index is 9.60. The van der Waals surface area contributed by atoms with Gasteiger partial charge in [-0.2, -0.15) is 12.6 Å². The molecule has 1 unspecified atom stereocenters. The standard InChI is InChI=1S/C3H7NOS/c1-4-3(6)2-5/h2-4,6H,1H3. The minimum atomic E-state index is -0.301. The van der Waals surface area contributed by atoms with E-state index >= 15 is 0 Å². The van der Waals surface area contributed by atoms with Gasteiger partial charge in [0.05, 0.1) is 0 Å². The number of carbonyl (C=O) groups excluding carboxylic acids is 1. The Morgan fingerprint density at radius 1 is 2.00 bits per heavy atom. The van der Waals surface area contributed by atoms with Crippen molar-refractivity contribution in [3.63, 3.8) is 0 Å². The van der Waals surface area contributed by atoms with Gasteiger partial charge in [-0.05, 0) is 7.05 Å². The molecule has 0 fully saturated rings. The molecule has 3 heteroatoms. The van der Waals surface area contributed by atoms with E-state index in [0.29, 0.717) is 0 Å². The molecule has 0 rings (SSSR count). The zero-order valence-electron chi connectivity index (χ0n) is 3.51. The summed E-state index contributed by atoms with van der Waals surface area (Å²) in [6.07, 6.45) is 0.725. The van der Waals surface area contributed by atoms with Crippen LogP contribution in [0.4, 0.5) is 0 Å². The largest absolute Gasteiger partial charge is 0.303 e. The minimum Gasteiger partial charge on any atom is -0.303 e. The van der Waals surface area contributed by atoms with Gasteiger partial charge in [-0.15, -0.1) is 0 Å². The Morgan fingerprint density at radius 2 is 2.50 bits per heavy atom. The Bertz CT molecular complexity index is 48.1. The highest BCUT2D eigenvalue weighted by Gasteiger charge is 1.88. The first kappa shape index (κ1) is 5.98. The maximum absolute atomic E-state index is 9.60. The fourth-order valence-corrected chi connectivity index (χ4v) is 0.0680. The topological polar surface area (TPSA) is 29.1 Å². The lowest BCUT2D eigenvalue weighted by Crippen LogP contribution is -2.19. The van der Waals surface area contributed by atoms with E-state index in [1.54, 1.807) is 7.05 Å². The Balaban J connectivity index is 2.96. The molecule has 0 radical (unpaired) electrons. The fourth-order valence-electron chi connectivity index (χ4n) is 0.0680. The Kier molecular flexibility index (Phi) is 3.17. The van der Waals surface area contributed by atoms with Crippen LogP contribution in [0.1, 0.15) is 0 Å². The molecular weight excluding hydrogens is 98.1 g/mol. The summed E-state index contributed by atoms with van der Waals surface area (Å²) < 4.78 is 0. The lowest BCUT2D eigenvalue weighted by Gasteiger charge is -1.93. The monoisotopic (exact) mass is 105 g/mol. The summed E-state index contributed by atoms with van der Waals surface area (Å²) in [7, 11) is 1.67. The second-order valence-corrected chi connectivity index (χ2v) is 1.43. The van der Waals surface area contributed by atoms with Gasteiger partial charge in [0.1, 0.15) is 11.7 Å². The van der Waals surface area contributed by atoms with Crippen molar-refractivity contribution in [2.24, 2.45) is 0 Å².